The van der Waals surface area contributed by atoms with Gasteiger partial charge in [-0.3, -0.25) is 4.98 Å². The quantitative estimate of drug-likeness (QED) is 0.101. The van der Waals surface area contributed by atoms with Crippen LogP contribution >= 0.6 is 0 Å². The molecule has 6 heteroatoms. The Morgan fingerprint density at radius 2 is 1.31 bits per heavy atom. The molecule has 4 nitrogen and oxygen atoms in total. The third-order valence-electron chi connectivity index (χ3n) is 13.6. The molecule has 11 aromatic rings. The van der Waals surface area contributed by atoms with Crippen molar-refractivity contribution in [1.29, 1.82) is 0 Å². The van der Waals surface area contributed by atoms with Crippen molar-refractivity contribution in [1.82, 2.24) is 14.5 Å². The zero-order valence-electron chi connectivity index (χ0n) is 49.6. The summed E-state index contributed by atoms with van der Waals surface area (Å²) in [5.74, 6) is 8.07. The molecule has 3 heterocycles. The number of furan rings is 1. The number of hydrogen-bond donors (Lipinski definition) is 0. The van der Waals surface area contributed by atoms with Gasteiger partial charge in [-0.25, -0.2) is 0 Å². The van der Waals surface area contributed by atoms with Gasteiger partial charge in [0.1, 0.15) is 5.58 Å². The number of nitrogens with zero attached hydrogens (tertiary/aromatic N) is 3. The molecule has 3 aromatic heterocycles. The first-order chi connectivity index (χ1) is 37.5. The fourth-order valence-corrected chi connectivity index (χ4v) is 12.9. The van der Waals surface area contributed by atoms with Gasteiger partial charge in [-0.15, -0.1) is 18.2 Å². The van der Waals surface area contributed by atoms with Crippen molar-refractivity contribution in [3.8, 4) is 61.7 Å². The molecule has 0 aliphatic carbocycles. The van der Waals surface area contributed by atoms with Gasteiger partial charge in [-0.1, -0.05) is 142 Å². The second kappa shape index (κ2) is 21.9. The van der Waals surface area contributed by atoms with Gasteiger partial charge >= 0.3 is 145 Å². The van der Waals surface area contributed by atoms with E-state index in [-0.39, 0.29) is 37.5 Å². The number of fused-ring (bicyclic) bond motifs is 4. The Hall–Kier alpha value is -6.63. The van der Waals surface area contributed by atoms with E-state index in [1.807, 2.05) is 39.1 Å². The van der Waals surface area contributed by atoms with Crippen LogP contribution in [0.2, 0.25) is 17.3 Å². The molecule has 0 saturated heterocycles. The second-order valence-corrected chi connectivity index (χ2v) is 32.6. The van der Waals surface area contributed by atoms with Crippen LogP contribution in [-0.4, -0.2) is 27.8 Å². The van der Waals surface area contributed by atoms with Crippen molar-refractivity contribution in [3.05, 3.63) is 217 Å². The minimum Gasteiger partial charge on any atom is 0 e. The number of benzene rings is 8. The Bertz CT molecular complexity index is 3970. The summed E-state index contributed by atoms with van der Waals surface area (Å²) in [6.07, 6.45) is 0.303. The van der Waals surface area contributed by atoms with E-state index in [0.29, 0.717) is 16.8 Å². The zero-order valence-corrected chi connectivity index (χ0v) is 49.1. The molecule has 8 aromatic carbocycles. The van der Waals surface area contributed by atoms with E-state index in [9.17, 15) is 0 Å². The van der Waals surface area contributed by atoms with E-state index < -0.39 is 31.9 Å². The molecule has 0 aliphatic rings. The predicted molar refractivity (Wildman–Crippen MR) is 316 cm³/mol. The number of rotatable bonds is 10. The van der Waals surface area contributed by atoms with Crippen molar-refractivity contribution in [2.24, 2.45) is 5.41 Å². The molecular formula is C69H67GeIrN3O-2. The molecule has 0 unspecified atom stereocenters. The van der Waals surface area contributed by atoms with Crippen LogP contribution < -0.4 is 4.40 Å². The topological polar surface area (TPSA) is 43.9 Å². The van der Waals surface area contributed by atoms with Crippen LogP contribution in [0.25, 0.3) is 94.7 Å². The van der Waals surface area contributed by atoms with Gasteiger partial charge in [-0.2, -0.15) is 0 Å². The first-order valence-corrected chi connectivity index (χ1v) is 33.1. The smallest absolute Gasteiger partial charge is 0 e. The minimum atomic E-state index is -2.36. The summed E-state index contributed by atoms with van der Waals surface area (Å²) in [6.45, 7) is 12.7. The normalized spacial score (nSPS) is 13.2. The van der Waals surface area contributed by atoms with E-state index >= 15 is 0 Å². The van der Waals surface area contributed by atoms with Crippen LogP contribution in [0.15, 0.2) is 187 Å². The largest absolute Gasteiger partial charge is 0 e. The summed E-state index contributed by atoms with van der Waals surface area (Å²) in [7, 11) is 0. The first kappa shape index (κ1) is 46.9. The van der Waals surface area contributed by atoms with E-state index in [1.165, 1.54) is 50.7 Å². The van der Waals surface area contributed by atoms with Gasteiger partial charge in [0, 0.05) is 31.2 Å². The molecule has 75 heavy (non-hydrogen) atoms. The zero-order chi connectivity index (χ0) is 56.2. The Morgan fingerprint density at radius 3 is 1.93 bits per heavy atom. The molecule has 0 saturated carbocycles. The number of aryl methyl sites for hydroxylation is 1. The van der Waals surface area contributed by atoms with Crippen LogP contribution in [-0.2, 0) is 26.5 Å². The third-order valence-corrected chi connectivity index (χ3v) is 17.8. The summed E-state index contributed by atoms with van der Waals surface area (Å²) < 4.78 is 50.3. The number of imidazole rings is 1. The Labute approximate surface area is 468 Å². The van der Waals surface area contributed by atoms with E-state index in [2.05, 4.69) is 212 Å². The summed E-state index contributed by atoms with van der Waals surface area (Å²) >= 11 is -2.36. The second-order valence-electron chi connectivity index (χ2n) is 22.0. The molecule has 0 N–H and O–H groups in total. The first-order valence-electron chi connectivity index (χ1n) is 28.3. The van der Waals surface area contributed by atoms with Gasteiger partial charge in [0.05, 0.1) is 22.4 Å². The number of hydrogen-bond acceptors (Lipinski definition) is 3. The van der Waals surface area contributed by atoms with Crippen molar-refractivity contribution < 1.29 is 31.4 Å². The fourth-order valence-electron chi connectivity index (χ4n) is 10.0. The molecule has 0 fully saturated rings. The maximum atomic E-state index is 8.80. The molecule has 0 amide bonds. The average molecular weight is 1220 g/mol. The number of para-hydroxylation sites is 2. The van der Waals surface area contributed by atoms with Gasteiger partial charge in [0.15, 0.2) is 0 Å². The molecule has 379 valence electrons. The third kappa shape index (κ3) is 11.2. The number of aromatic nitrogens is 3. The Balaban J connectivity index is 0.000000235. The van der Waals surface area contributed by atoms with E-state index in [4.69, 9.17) is 16.3 Å². The molecular weight excluding hydrogens is 1150 g/mol. The van der Waals surface area contributed by atoms with Crippen molar-refractivity contribution in [3.63, 3.8) is 0 Å². The van der Waals surface area contributed by atoms with Crippen molar-refractivity contribution in [2.75, 3.05) is 0 Å². The summed E-state index contributed by atoms with van der Waals surface area (Å²) in [5, 5.41) is 2.13. The SMILES string of the molecule is CC(C)c1cc(-c2ccccc2)cc(C(C)C)c1-n1c(-c2[c-]ccc3c2oc2ccc(-c4ccccc4-c4ccccc4)cc23)nc2ccccc21.[2H]C([2H])([2H])c1c[c-]c(-c2cc(C([2H])([2H])C(C)(C)C)[c]([Ge]([CH3])([CH3])[CH3])cn2)cc1.[Ir]. The molecule has 0 atom stereocenters. The molecule has 0 spiro atoms. The Morgan fingerprint density at radius 1 is 0.667 bits per heavy atom. The maximum Gasteiger partial charge on any atom is 0 e. The standard InChI is InChI=1S/C49H39N2O.C20H28GeN.Ir/c1-31(2)41-29-36(33-16-7-5-8-17-33)30-42(32(3)4)47(41)51-45-25-14-13-24-44(45)50-49(51)40-23-15-22-39-43-28-35(26-27-46(43)52-48(39)40)38-21-12-11-20-37(38)34-18-9-6-10-19-34;1-15-8-10-16(11-9-15)19-12-17(13-20(2,3)4)18(14-22-19)21(5,6)7;/h5-22,24-32H,1-4H3;8-10,12,14H,13H2,1-7H3;/q2*-1;/i;1D3,13D2;. The van der Waals surface area contributed by atoms with E-state index in [1.54, 1.807) is 12.1 Å². The monoisotopic (exact) mass is 1230 g/mol. The molecule has 1 radical (unpaired) electrons. The van der Waals surface area contributed by atoms with Gasteiger partial charge in [-0.05, 0) is 92.7 Å². The molecule has 0 aliphatic heterocycles. The van der Waals surface area contributed by atoms with Crippen LogP contribution in [0.1, 0.15) is 89.4 Å². The minimum absolute atomic E-state index is 0. The van der Waals surface area contributed by atoms with E-state index in [0.717, 1.165) is 54.3 Å². The van der Waals surface area contributed by atoms with Crippen LogP contribution in [0.5, 0.6) is 0 Å². The Kier molecular flexibility index (Phi) is 13.7. The van der Waals surface area contributed by atoms with Crippen molar-refractivity contribution in [2.45, 2.75) is 90.8 Å². The van der Waals surface area contributed by atoms with Crippen LogP contribution in [0, 0.1) is 24.4 Å². The number of pyridine rings is 1. The maximum absolute atomic E-state index is 8.80. The average Bonchev–Trinajstić information content (AvgIpc) is 4.11. The summed E-state index contributed by atoms with van der Waals surface area (Å²) in [6, 6.07) is 67.0. The van der Waals surface area contributed by atoms with Crippen molar-refractivity contribution >= 4 is 50.6 Å². The predicted octanol–water partition coefficient (Wildman–Crippen LogP) is 18.6. The summed E-state index contributed by atoms with van der Waals surface area (Å²) in [4.78, 5) is 9.91. The van der Waals surface area contributed by atoms with Crippen LogP contribution in [0.4, 0.5) is 0 Å². The van der Waals surface area contributed by atoms with Gasteiger partial charge in [0.25, 0.3) is 0 Å². The van der Waals surface area contributed by atoms with Crippen LogP contribution in [0.3, 0.4) is 0 Å². The summed E-state index contributed by atoms with van der Waals surface area (Å²) in [5.41, 5.74) is 17.1. The fraction of sp³-hybridized carbons (Fsp3) is 0.217. The molecule has 0 bridgehead atoms. The van der Waals surface area contributed by atoms with Gasteiger partial charge < -0.3 is 8.98 Å². The van der Waals surface area contributed by atoms with Gasteiger partial charge in [0.2, 0.25) is 0 Å². The molecule has 11 rings (SSSR count).